The van der Waals surface area contributed by atoms with Gasteiger partial charge in [0.1, 0.15) is 17.1 Å². The lowest BCUT2D eigenvalue weighted by atomic mass is 9.90. The SMILES string of the molecule is COc1cc2c(cc1C(=O)Nc1cccn(C)c1=O)-c1c(CC(F)(F)F)cc(C(=O)N3CCC[C@]3(C)[C@H](O)C(F)(F)F)n1[C@H](C)C2. The highest BCUT2D eigenvalue weighted by Gasteiger charge is 2.56. The predicted octanol–water partition coefficient (Wildman–Crippen LogP) is 5.25. The van der Waals surface area contributed by atoms with Gasteiger partial charge in [0.2, 0.25) is 0 Å². The molecule has 3 atom stereocenters. The van der Waals surface area contributed by atoms with Gasteiger partial charge in [-0.05, 0) is 74.6 Å². The summed E-state index contributed by atoms with van der Waals surface area (Å²) in [5, 5.41) is 12.7. The van der Waals surface area contributed by atoms with Crippen LogP contribution in [0.2, 0.25) is 0 Å². The molecule has 5 rings (SSSR count). The van der Waals surface area contributed by atoms with Crippen LogP contribution in [0.3, 0.4) is 0 Å². The Bertz CT molecular complexity index is 1760. The third kappa shape index (κ3) is 5.76. The summed E-state index contributed by atoms with van der Waals surface area (Å²) in [4.78, 5) is 40.8. The van der Waals surface area contributed by atoms with E-state index in [0.717, 1.165) is 17.9 Å². The number of aliphatic hydroxyl groups excluding tert-OH is 1. The molecule has 3 aromatic rings. The molecule has 1 saturated heterocycles. The van der Waals surface area contributed by atoms with Gasteiger partial charge < -0.3 is 29.2 Å². The highest BCUT2D eigenvalue weighted by molar-refractivity contribution is 6.07. The third-order valence-corrected chi connectivity index (χ3v) is 8.80. The Morgan fingerprint density at radius 2 is 1.87 bits per heavy atom. The van der Waals surface area contributed by atoms with Gasteiger partial charge in [-0.15, -0.1) is 0 Å². The maximum atomic E-state index is 14.0. The number of amides is 2. The van der Waals surface area contributed by atoms with Crippen LogP contribution in [-0.2, 0) is 19.9 Å². The highest BCUT2D eigenvalue weighted by Crippen LogP contribution is 2.45. The van der Waals surface area contributed by atoms with Crippen LogP contribution in [0.5, 0.6) is 5.75 Å². The van der Waals surface area contributed by atoms with Crippen molar-refractivity contribution in [2.24, 2.45) is 7.05 Å². The molecule has 9 nitrogen and oxygen atoms in total. The lowest BCUT2D eigenvalue weighted by Crippen LogP contribution is -2.58. The van der Waals surface area contributed by atoms with Crippen molar-refractivity contribution in [3.8, 4) is 17.0 Å². The molecule has 0 bridgehead atoms. The van der Waals surface area contributed by atoms with E-state index in [1.165, 1.54) is 53.8 Å². The highest BCUT2D eigenvalue weighted by atomic mass is 19.4. The van der Waals surface area contributed by atoms with Crippen LogP contribution in [0.1, 0.15) is 64.7 Å². The Kier molecular flexibility index (Phi) is 8.28. The van der Waals surface area contributed by atoms with Gasteiger partial charge in [-0.1, -0.05) is 0 Å². The number of ether oxygens (including phenoxy) is 1. The van der Waals surface area contributed by atoms with E-state index in [9.17, 15) is 45.8 Å². The molecule has 4 heterocycles. The van der Waals surface area contributed by atoms with Gasteiger partial charge >= 0.3 is 12.4 Å². The number of hydrogen-bond donors (Lipinski definition) is 2. The molecule has 248 valence electrons. The van der Waals surface area contributed by atoms with Gasteiger partial charge in [0.25, 0.3) is 17.4 Å². The molecular formula is C31H32F6N4O5. The molecule has 2 aliphatic heterocycles. The van der Waals surface area contributed by atoms with E-state index >= 15 is 0 Å². The van der Waals surface area contributed by atoms with Gasteiger partial charge in [0.05, 0.1) is 30.3 Å². The molecule has 0 radical (unpaired) electrons. The molecule has 2 N–H and O–H groups in total. The number of likely N-dealkylation sites (tertiary alicyclic amines) is 1. The number of halogens is 6. The molecule has 2 aromatic heterocycles. The number of nitrogens with one attached hydrogen (secondary N) is 1. The molecule has 0 saturated carbocycles. The maximum absolute atomic E-state index is 14.0. The fourth-order valence-corrected chi connectivity index (χ4v) is 6.60. The average Bonchev–Trinajstić information content (AvgIpc) is 3.54. The van der Waals surface area contributed by atoms with E-state index in [-0.39, 0.29) is 65.3 Å². The molecule has 46 heavy (non-hydrogen) atoms. The van der Waals surface area contributed by atoms with Crippen molar-refractivity contribution in [3.05, 3.63) is 69.3 Å². The topological polar surface area (TPSA) is 106 Å². The minimum Gasteiger partial charge on any atom is -0.496 e. The fraction of sp³-hybridized carbons (Fsp3) is 0.452. The second kappa shape index (κ2) is 11.5. The number of carbonyl (C=O) groups is 2. The van der Waals surface area contributed by atoms with Gasteiger partial charge in [-0.3, -0.25) is 14.4 Å². The monoisotopic (exact) mass is 654 g/mol. The Morgan fingerprint density at radius 3 is 2.50 bits per heavy atom. The van der Waals surface area contributed by atoms with Crippen molar-refractivity contribution < 1.29 is 45.8 Å². The first kappa shape index (κ1) is 33.1. The van der Waals surface area contributed by atoms with Crippen molar-refractivity contribution in [3.63, 3.8) is 0 Å². The fourth-order valence-electron chi connectivity index (χ4n) is 6.60. The Hall–Kier alpha value is -4.27. The number of alkyl halides is 6. The molecular weight excluding hydrogens is 622 g/mol. The van der Waals surface area contributed by atoms with Crippen LogP contribution in [0, 0.1) is 0 Å². The number of carbonyl (C=O) groups excluding carboxylic acids is 2. The smallest absolute Gasteiger partial charge is 0.416 e. The zero-order valence-electron chi connectivity index (χ0n) is 25.3. The number of benzene rings is 1. The Labute approximate surface area is 259 Å². The summed E-state index contributed by atoms with van der Waals surface area (Å²) in [6.45, 7) is 2.64. The second-order valence-corrected chi connectivity index (χ2v) is 12.0. The van der Waals surface area contributed by atoms with Crippen molar-refractivity contribution in [2.75, 3.05) is 19.0 Å². The summed E-state index contributed by atoms with van der Waals surface area (Å²) < 4.78 is 90.7. The summed E-state index contributed by atoms with van der Waals surface area (Å²) in [5.41, 5.74) is -2.56. The number of aryl methyl sites for hydroxylation is 1. The van der Waals surface area contributed by atoms with Crippen molar-refractivity contribution in [1.82, 2.24) is 14.0 Å². The number of rotatable bonds is 6. The van der Waals surface area contributed by atoms with Crippen LogP contribution >= 0.6 is 0 Å². The molecule has 1 fully saturated rings. The molecule has 0 spiro atoms. The number of nitrogens with zero attached hydrogens (tertiary/aromatic N) is 3. The summed E-state index contributed by atoms with van der Waals surface area (Å²) in [6.07, 6.45) is -12.4. The molecule has 2 amide bonds. The minimum absolute atomic E-state index is 0.0148. The van der Waals surface area contributed by atoms with Crippen molar-refractivity contribution in [2.45, 2.75) is 69.6 Å². The Morgan fingerprint density at radius 1 is 1.17 bits per heavy atom. The zero-order chi connectivity index (χ0) is 33.9. The summed E-state index contributed by atoms with van der Waals surface area (Å²) in [5.74, 6) is -1.62. The predicted molar refractivity (Wildman–Crippen MR) is 155 cm³/mol. The standard InChI is InChI=1S/C31H32F6N4O5/c1-16-11-17-13-23(46-4)20(25(42)38-21-7-5-9-39(3)26(21)43)14-19(17)24-18(15-30(32,33)34)12-22(41(16)24)27(44)40-10-6-8-29(40,2)28(45)31(35,36)37/h5,7,9,12-14,16,28,45H,6,8,10-11,15H2,1-4H3,(H,38,42)/t16-,28+,29-/m1/s1. The van der Waals surface area contributed by atoms with E-state index in [4.69, 9.17) is 4.74 Å². The van der Waals surface area contributed by atoms with Crippen LogP contribution in [-0.4, -0.2) is 68.6 Å². The van der Waals surface area contributed by atoms with E-state index in [1.54, 1.807) is 6.92 Å². The summed E-state index contributed by atoms with van der Waals surface area (Å²) in [6, 6.07) is 6.18. The van der Waals surface area contributed by atoms with Crippen LogP contribution < -0.4 is 15.6 Å². The van der Waals surface area contributed by atoms with Crippen molar-refractivity contribution >= 4 is 17.5 Å². The van der Waals surface area contributed by atoms with Crippen LogP contribution in [0.25, 0.3) is 11.3 Å². The average molecular weight is 655 g/mol. The first-order chi connectivity index (χ1) is 21.4. The van der Waals surface area contributed by atoms with E-state index in [2.05, 4.69) is 5.32 Å². The van der Waals surface area contributed by atoms with E-state index < -0.39 is 53.8 Å². The van der Waals surface area contributed by atoms with Crippen molar-refractivity contribution in [1.29, 1.82) is 0 Å². The van der Waals surface area contributed by atoms with E-state index in [0.29, 0.717) is 5.56 Å². The third-order valence-electron chi connectivity index (χ3n) is 8.80. The van der Waals surface area contributed by atoms with Gasteiger partial charge in [-0.2, -0.15) is 26.3 Å². The number of hydrogen-bond acceptors (Lipinski definition) is 5. The number of pyridine rings is 1. The number of aromatic nitrogens is 2. The molecule has 2 aliphatic rings. The summed E-state index contributed by atoms with van der Waals surface area (Å²) in [7, 11) is 2.80. The van der Waals surface area contributed by atoms with Gasteiger partial charge in [0.15, 0.2) is 6.10 Å². The second-order valence-electron chi connectivity index (χ2n) is 12.0. The molecule has 0 aliphatic carbocycles. The Balaban J connectivity index is 1.66. The first-order valence-corrected chi connectivity index (χ1v) is 14.4. The number of methoxy groups -OCH3 is 1. The van der Waals surface area contributed by atoms with Gasteiger partial charge in [0, 0.05) is 31.4 Å². The molecule has 0 unspecified atom stereocenters. The zero-order valence-corrected chi connectivity index (χ0v) is 25.3. The summed E-state index contributed by atoms with van der Waals surface area (Å²) >= 11 is 0. The maximum Gasteiger partial charge on any atom is 0.416 e. The van der Waals surface area contributed by atoms with E-state index in [1.807, 2.05) is 0 Å². The molecule has 15 heteroatoms. The largest absolute Gasteiger partial charge is 0.496 e. The first-order valence-electron chi connectivity index (χ1n) is 14.4. The van der Waals surface area contributed by atoms with Crippen LogP contribution in [0.4, 0.5) is 32.0 Å². The lowest BCUT2D eigenvalue weighted by Gasteiger charge is -2.40. The normalized spacial score (nSPS) is 20.2. The van der Waals surface area contributed by atoms with Crippen LogP contribution in [0.15, 0.2) is 41.3 Å². The minimum atomic E-state index is -5.04. The lowest BCUT2D eigenvalue weighted by molar-refractivity contribution is -0.232. The number of anilines is 1. The quantitative estimate of drug-likeness (QED) is 0.353. The number of fused-ring (bicyclic) bond motifs is 3. The van der Waals surface area contributed by atoms with Gasteiger partial charge in [-0.25, -0.2) is 0 Å². The number of aliphatic hydroxyl groups is 1. The molecule has 1 aromatic carbocycles.